The van der Waals surface area contributed by atoms with Gasteiger partial charge in [0, 0.05) is 32.3 Å². The van der Waals surface area contributed by atoms with Crippen molar-refractivity contribution in [2.24, 2.45) is 5.92 Å². The average molecular weight is 396 g/mol. The first-order chi connectivity index (χ1) is 12.1. The van der Waals surface area contributed by atoms with E-state index >= 15 is 0 Å². The Hall–Kier alpha value is -1.17. The number of hydrogen-bond donors (Lipinski definition) is 1. The van der Waals surface area contributed by atoms with Crippen molar-refractivity contribution in [2.75, 3.05) is 26.5 Å². The minimum Gasteiger partial charge on any atom is -0.369 e. The van der Waals surface area contributed by atoms with Gasteiger partial charge in [-0.05, 0) is 25.8 Å². The minimum absolute atomic E-state index is 0.0902. The second-order valence-corrected chi connectivity index (χ2v) is 9.00. The maximum atomic E-state index is 13.0. The SMILES string of the molecule is COC1(C(F)(F)F)CC(CS(=O)(=O)NCc2cnn3c2CN(C)CC3)C1. The number of nitrogens with one attached hydrogen (secondary N) is 1. The third kappa shape index (κ3) is 3.75. The van der Waals surface area contributed by atoms with E-state index in [4.69, 9.17) is 0 Å². The molecule has 2 aliphatic rings. The molecule has 0 unspecified atom stereocenters. The summed E-state index contributed by atoms with van der Waals surface area (Å²) >= 11 is 0. The summed E-state index contributed by atoms with van der Waals surface area (Å²) in [7, 11) is -0.699. The molecule has 0 amide bonds. The molecule has 1 N–H and O–H groups in total. The van der Waals surface area contributed by atoms with E-state index in [1.807, 2.05) is 11.7 Å². The van der Waals surface area contributed by atoms with Gasteiger partial charge in [0.05, 0.1) is 24.2 Å². The first-order valence-electron chi connectivity index (χ1n) is 8.36. The van der Waals surface area contributed by atoms with Crippen molar-refractivity contribution in [1.82, 2.24) is 19.4 Å². The third-order valence-electron chi connectivity index (χ3n) is 5.23. The van der Waals surface area contributed by atoms with Crippen LogP contribution >= 0.6 is 0 Å². The number of fused-ring (bicyclic) bond motifs is 1. The molecule has 3 rings (SSSR count). The molecule has 1 aliphatic carbocycles. The van der Waals surface area contributed by atoms with Gasteiger partial charge in [0.1, 0.15) is 0 Å². The topological polar surface area (TPSA) is 76.5 Å². The van der Waals surface area contributed by atoms with Crippen LogP contribution in [0.25, 0.3) is 0 Å². The molecule has 1 saturated carbocycles. The molecule has 0 spiro atoms. The van der Waals surface area contributed by atoms with Crippen LogP contribution < -0.4 is 4.72 Å². The smallest absolute Gasteiger partial charge is 0.369 e. The molecule has 26 heavy (non-hydrogen) atoms. The number of rotatable bonds is 6. The van der Waals surface area contributed by atoms with E-state index in [1.165, 1.54) is 0 Å². The number of ether oxygens (including phenoxy) is 1. The Morgan fingerprint density at radius 2 is 2.08 bits per heavy atom. The Bertz CT molecular complexity index is 757. The molecule has 1 aliphatic heterocycles. The summed E-state index contributed by atoms with van der Waals surface area (Å²) in [6.07, 6.45) is -3.51. The Kier molecular flexibility index (Phi) is 5.10. The molecule has 0 aromatic carbocycles. The van der Waals surface area contributed by atoms with E-state index in [0.717, 1.165) is 31.5 Å². The molecular formula is C15H23F3N4O3S. The number of nitrogens with zero attached hydrogens (tertiary/aromatic N) is 3. The summed E-state index contributed by atoms with van der Waals surface area (Å²) in [5.74, 6) is -0.904. The molecule has 0 saturated heterocycles. The predicted octanol–water partition coefficient (Wildman–Crippen LogP) is 1.11. The highest BCUT2D eigenvalue weighted by atomic mass is 32.2. The number of hydrogen-bond acceptors (Lipinski definition) is 5. The summed E-state index contributed by atoms with van der Waals surface area (Å²) in [6, 6.07) is 0. The van der Waals surface area contributed by atoms with Gasteiger partial charge >= 0.3 is 6.18 Å². The van der Waals surface area contributed by atoms with Gasteiger partial charge in [-0.3, -0.25) is 9.58 Å². The van der Waals surface area contributed by atoms with Gasteiger partial charge < -0.3 is 4.74 Å². The summed E-state index contributed by atoms with van der Waals surface area (Å²) in [5.41, 5.74) is -0.459. The quantitative estimate of drug-likeness (QED) is 0.780. The van der Waals surface area contributed by atoms with Crippen molar-refractivity contribution in [3.8, 4) is 0 Å². The van der Waals surface area contributed by atoms with Crippen LogP contribution in [0.15, 0.2) is 6.20 Å². The maximum Gasteiger partial charge on any atom is 0.417 e. The molecule has 7 nitrogen and oxygen atoms in total. The zero-order chi connectivity index (χ0) is 19.2. The summed E-state index contributed by atoms with van der Waals surface area (Å²) in [6.45, 7) is 2.40. The highest BCUT2D eigenvalue weighted by molar-refractivity contribution is 7.89. The number of alkyl halides is 3. The summed E-state index contributed by atoms with van der Waals surface area (Å²) in [4.78, 5) is 2.12. The third-order valence-corrected chi connectivity index (χ3v) is 6.72. The van der Waals surface area contributed by atoms with Crippen LogP contribution in [-0.2, 0) is 34.4 Å². The van der Waals surface area contributed by atoms with Gasteiger partial charge in [0.25, 0.3) is 0 Å². The monoisotopic (exact) mass is 396 g/mol. The highest BCUT2D eigenvalue weighted by Crippen LogP contribution is 2.51. The Labute approximate surface area is 150 Å². The van der Waals surface area contributed by atoms with Crippen LogP contribution in [0.1, 0.15) is 24.1 Å². The van der Waals surface area contributed by atoms with E-state index in [2.05, 4.69) is 19.5 Å². The lowest BCUT2D eigenvalue weighted by molar-refractivity contribution is -0.306. The van der Waals surface area contributed by atoms with Crippen molar-refractivity contribution in [3.63, 3.8) is 0 Å². The lowest BCUT2D eigenvalue weighted by Gasteiger charge is -2.47. The van der Waals surface area contributed by atoms with Gasteiger partial charge in [-0.25, -0.2) is 13.1 Å². The van der Waals surface area contributed by atoms with E-state index in [1.54, 1.807) is 6.20 Å². The normalized spacial score (nSPS) is 27.2. The average Bonchev–Trinajstić information content (AvgIpc) is 2.89. The van der Waals surface area contributed by atoms with Crippen LogP contribution in [0.4, 0.5) is 13.2 Å². The molecule has 1 aromatic rings. The fourth-order valence-electron chi connectivity index (χ4n) is 3.63. The van der Waals surface area contributed by atoms with E-state index < -0.39 is 27.7 Å². The van der Waals surface area contributed by atoms with Crippen molar-refractivity contribution in [1.29, 1.82) is 0 Å². The van der Waals surface area contributed by atoms with Crippen LogP contribution in [0, 0.1) is 5.92 Å². The summed E-state index contributed by atoms with van der Waals surface area (Å²) in [5, 5.41) is 4.25. The fraction of sp³-hybridized carbons (Fsp3) is 0.800. The Morgan fingerprint density at radius 3 is 2.69 bits per heavy atom. The number of methoxy groups -OCH3 is 1. The molecule has 11 heteroatoms. The largest absolute Gasteiger partial charge is 0.417 e. The van der Waals surface area contributed by atoms with Gasteiger partial charge in [-0.1, -0.05) is 0 Å². The standard InChI is InChI=1S/C15H23F3N4O3S/c1-21-3-4-22-13(9-21)12(7-19-22)8-20-26(23,24)10-11-5-14(6-11,25-2)15(16,17)18/h7,11,20H,3-6,8-10H2,1-2H3. The van der Waals surface area contributed by atoms with Crippen molar-refractivity contribution < 1.29 is 26.3 Å². The first-order valence-corrected chi connectivity index (χ1v) is 10.0. The molecular weight excluding hydrogens is 373 g/mol. The predicted molar refractivity (Wildman–Crippen MR) is 87.7 cm³/mol. The van der Waals surface area contributed by atoms with Crippen molar-refractivity contribution in [2.45, 2.75) is 44.3 Å². The van der Waals surface area contributed by atoms with Gasteiger partial charge in [0.2, 0.25) is 10.0 Å². The summed E-state index contributed by atoms with van der Waals surface area (Å²) < 4.78 is 72.4. The zero-order valence-corrected chi connectivity index (χ0v) is 15.5. The van der Waals surface area contributed by atoms with Gasteiger partial charge in [-0.15, -0.1) is 0 Å². The van der Waals surface area contributed by atoms with Crippen LogP contribution in [0.2, 0.25) is 0 Å². The second kappa shape index (κ2) is 6.77. The van der Waals surface area contributed by atoms with Crippen LogP contribution in [-0.4, -0.2) is 61.3 Å². The van der Waals surface area contributed by atoms with Crippen molar-refractivity contribution >= 4 is 10.0 Å². The molecule has 0 bridgehead atoms. The minimum atomic E-state index is -4.49. The Morgan fingerprint density at radius 1 is 1.38 bits per heavy atom. The van der Waals surface area contributed by atoms with Crippen LogP contribution in [0.5, 0.6) is 0 Å². The lowest BCUT2D eigenvalue weighted by atomic mass is 9.71. The number of aromatic nitrogens is 2. The molecule has 148 valence electrons. The molecule has 0 radical (unpaired) electrons. The second-order valence-electron chi connectivity index (χ2n) is 7.15. The van der Waals surface area contributed by atoms with Gasteiger partial charge in [0.15, 0.2) is 5.60 Å². The van der Waals surface area contributed by atoms with Gasteiger partial charge in [-0.2, -0.15) is 18.3 Å². The van der Waals surface area contributed by atoms with E-state index in [9.17, 15) is 21.6 Å². The van der Waals surface area contributed by atoms with Crippen LogP contribution in [0.3, 0.4) is 0 Å². The lowest BCUT2D eigenvalue weighted by Crippen LogP contribution is -2.58. The molecule has 1 fully saturated rings. The molecule has 2 heterocycles. The highest BCUT2D eigenvalue weighted by Gasteiger charge is 2.63. The zero-order valence-electron chi connectivity index (χ0n) is 14.7. The van der Waals surface area contributed by atoms with E-state index in [-0.39, 0.29) is 25.1 Å². The fourth-order valence-corrected chi connectivity index (χ4v) is 4.98. The number of sulfonamides is 1. The number of halogens is 3. The van der Waals surface area contributed by atoms with E-state index in [0.29, 0.717) is 6.54 Å². The first kappa shape index (κ1) is 19.6. The number of likely N-dealkylation sites (N-methyl/N-ethyl adjacent to an activating group) is 1. The molecule has 1 aromatic heterocycles. The van der Waals surface area contributed by atoms with Crippen molar-refractivity contribution in [3.05, 3.63) is 17.5 Å². The Balaban J connectivity index is 1.56. The maximum absolute atomic E-state index is 13.0. The molecule has 0 atom stereocenters.